The van der Waals surface area contributed by atoms with Crippen molar-refractivity contribution in [1.29, 1.82) is 0 Å². The van der Waals surface area contributed by atoms with Crippen molar-refractivity contribution < 1.29 is 31.5 Å². The first kappa shape index (κ1) is 21.2. The van der Waals surface area contributed by atoms with Gasteiger partial charge in [0.25, 0.3) is 0 Å². The molecule has 13 heteroatoms. The van der Waals surface area contributed by atoms with Gasteiger partial charge in [-0.2, -0.15) is 22.2 Å². The summed E-state index contributed by atoms with van der Waals surface area (Å²) in [6.07, 6.45) is 0. The molecule has 1 aromatic carbocycles. The highest BCUT2D eigenvalue weighted by Gasteiger charge is 2.07. The van der Waals surface area contributed by atoms with Crippen molar-refractivity contribution in [2.45, 2.75) is 6.61 Å². The highest BCUT2D eigenvalue weighted by atomic mass is 35.5. The molecule has 2 rings (SSSR count). The first-order valence-corrected chi connectivity index (χ1v) is 7.91. The van der Waals surface area contributed by atoms with Crippen LogP contribution in [0.3, 0.4) is 0 Å². The van der Waals surface area contributed by atoms with Gasteiger partial charge in [0.2, 0.25) is 11.8 Å². The number of methoxy groups -OCH3 is 1. The molecule has 0 unspecified atom stereocenters. The number of ether oxygens (including phenoxy) is 2. The summed E-state index contributed by atoms with van der Waals surface area (Å²) in [5.41, 5.74) is 0. The van der Waals surface area contributed by atoms with Crippen molar-refractivity contribution in [3.05, 3.63) is 41.6 Å². The molecule has 0 aliphatic heterocycles. The quantitative estimate of drug-likeness (QED) is 0.772. The summed E-state index contributed by atoms with van der Waals surface area (Å²) in [5.74, 6) is 0.111. The lowest BCUT2D eigenvalue weighted by Gasteiger charge is -2.02. The van der Waals surface area contributed by atoms with Gasteiger partial charge in [-0.25, -0.2) is 9.78 Å². The van der Waals surface area contributed by atoms with Crippen molar-refractivity contribution >= 4 is 34.1 Å². The number of hydrogen-bond acceptors (Lipinski definition) is 7. The topological polar surface area (TPSA) is 120 Å². The summed E-state index contributed by atoms with van der Waals surface area (Å²) in [5, 5.41) is 2.04. The Morgan fingerprint density at radius 2 is 1.92 bits per heavy atom. The molecule has 9 nitrogen and oxygen atoms in total. The lowest BCUT2D eigenvalue weighted by atomic mass is 10.3. The minimum atomic E-state index is -2.84. The van der Waals surface area contributed by atoms with Crippen molar-refractivity contribution in [3.63, 3.8) is 0 Å². The number of halogens is 3. The second kappa shape index (κ2) is 10.9. The Kier molecular flexibility index (Phi) is 8.87. The van der Waals surface area contributed by atoms with Crippen LogP contribution in [0.25, 0.3) is 0 Å². The van der Waals surface area contributed by atoms with E-state index in [1.165, 1.54) is 25.3 Å². The van der Waals surface area contributed by atoms with Gasteiger partial charge in [-0.05, 0) is 12.1 Å². The molecule has 0 aliphatic carbocycles. The van der Waals surface area contributed by atoms with Gasteiger partial charge in [-0.15, -0.1) is 0 Å². The molecule has 2 amide bonds. The van der Waals surface area contributed by atoms with Crippen LogP contribution in [0, 0.1) is 0 Å². The Labute approximate surface area is 152 Å². The number of anilines is 1. The van der Waals surface area contributed by atoms with Crippen LogP contribution in [0.4, 0.5) is 19.5 Å². The molecule has 2 aromatic rings. The number of benzene rings is 1. The highest BCUT2D eigenvalue weighted by Crippen LogP contribution is 2.15. The van der Waals surface area contributed by atoms with Gasteiger partial charge in [0, 0.05) is 6.07 Å². The number of carbonyl (C=O) groups is 1. The third-order valence-corrected chi connectivity index (χ3v) is 2.73. The number of nitrogens with one attached hydrogen (secondary N) is 1. The molecule has 0 aliphatic rings. The Bertz CT molecular complexity index is 860. The summed E-state index contributed by atoms with van der Waals surface area (Å²) in [4.78, 5) is 18.2. The van der Waals surface area contributed by atoms with E-state index in [9.17, 15) is 22.0 Å². The smallest absolute Gasteiger partial charge is 0.387 e. The molecule has 0 spiro atoms. The maximum absolute atomic E-state index is 11.5. The van der Waals surface area contributed by atoms with Crippen molar-refractivity contribution in [2.24, 2.45) is 4.36 Å². The fraction of sp³-hybridized carbons (Fsp3) is 0.154. The van der Waals surface area contributed by atoms with Gasteiger partial charge < -0.3 is 9.47 Å². The van der Waals surface area contributed by atoms with Crippen LogP contribution >= 0.6 is 11.6 Å². The first-order valence-electron chi connectivity index (χ1n) is 6.50. The monoisotopic (exact) mass is 408 g/mol. The Balaban J connectivity index is 0.000000289. The van der Waals surface area contributed by atoms with Crippen LogP contribution < -0.4 is 14.8 Å². The number of carbonyl (C=O) groups excluding carboxylic acids is 1. The SMILES string of the molecule is COc1cc(Cl)nc(NC(=O)N=S(=O)=O)n1.FC(F)Oc1ccccc1. The zero-order chi connectivity index (χ0) is 19.5. The molecule has 1 N–H and O–H groups in total. The largest absolute Gasteiger partial charge is 0.481 e. The van der Waals surface area contributed by atoms with Crippen LogP contribution in [0.1, 0.15) is 0 Å². The fourth-order valence-electron chi connectivity index (χ4n) is 1.35. The third-order valence-electron chi connectivity index (χ3n) is 2.23. The average molecular weight is 409 g/mol. The molecule has 0 saturated heterocycles. The zero-order valence-corrected chi connectivity index (χ0v) is 14.5. The number of amides is 2. The number of alkyl halides is 2. The normalized spacial score (nSPS) is 9.58. The van der Waals surface area contributed by atoms with E-state index < -0.39 is 23.1 Å². The van der Waals surface area contributed by atoms with E-state index in [4.69, 9.17) is 16.3 Å². The first-order chi connectivity index (χ1) is 12.3. The summed E-state index contributed by atoms with van der Waals surface area (Å²) in [6.45, 7) is -2.73. The number of para-hydroxylation sites is 1. The zero-order valence-electron chi connectivity index (χ0n) is 13.0. The molecule has 0 fully saturated rings. The van der Waals surface area contributed by atoms with Gasteiger partial charge in [-0.1, -0.05) is 34.2 Å². The van der Waals surface area contributed by atoms with Crippen LogP contribution in [-0.4, -0.2) is 38.1 Å². The second-order valence-corrected chi connectivity index (χ2v) is 4.99. The summed E-state index contributed by atoms with van der Waals surface area (Å²) in [7, 11) is -1.49. The minimum Gasteiger partial charge on any atom is -0.481 e. The van der Waals surface area contributed by atoms with Gasteiger partial charge in [0.15, 0.2) is 0 Å². The molecule has 1 aromatic heterocycles. The maximum Gasteiger partial charge on any atom is 0.387 e. The number of urea groups is 1. The van der Waals surface area contributed by atoms with Gasteiger partial charge in [0.1, 0.15) is 10.9 Å². The summed E-state index contributed by atoms with van der Waals surface area (Å²) in [6, 6.07) is 8.16. The van der Waals surface area contributed by atoms with Crippen molar-refractivity contribution in [2.75, 3.05) is 12.4 Å². The number of aromatic nitrogens is 2. The van der Waals surface area contributed by atoms with E-state index in [2.05, 4.69) is 19.1 Å². The molecular weight excluding hydrogens is 398 g/mol. The number of rotatable bonds is 4. The predicted molar refractivity (Wildman–Crippen MR) is 87.0 cm³/mol. The number of hydrogen-bond donors (Lipinski definition) is 1. The van der Waals surface area contributed by atoms with Crippen LogP contribution in [-0.2, 0) is 10.5 Å². The van der Waals surface area contributed by atoms with Crippen molar-refractivity contribution in [3.8, 4) is 11.6 Å². The fourth-order valence-corrected chi connectivity index (χ4v) is 1.70. The standard InChI is InChI=1S/C7H6F2O.C6H5ClN4O4S/c8-7(9)10-6-4-2-1-3-5-6;1-15-4-2-3(7)8-5(9-4)10-6(12)11-16(13)14/h1-5,7H;2H,1H3,(H,8,9,10,12). The molecule has 26 heavy (non-hydrogen) atoms. The molecule has 1 heterocycles. The number of nitrogens with zero attached hydrogens (tertiary/aromatic N) is 3. The minimum absolute atomic E-state index is 0.0328. The van der Waals surface area contributed by atoms with Crippen molar-refractivity contribution in [1.82, 2.24) is 9.97 Å². The van der Waals surface area contributed by atoms with Gasteiger partial charge in [-0.3, -0.25) is 5.32 Å². The molecule has 0 radical (unpaired) electrons. The molecule has 140 valence electrons. The van der Waals surface area contributed by atoms with Crippen LogP contribution in [0.2, 0.25) is 5.15 Å². The van der Waals surface area contributed by atoms with E-state index in [1.807, 2.05) is 5.32 Å². The van der Waals surface area contributed by atoms with Crippen LogP contribution in [0.5, 0.6) is 11.6 Å². The van der Waals surface area contributed by atoms with E-state index >= 15 is 0 Å². The summed E-state index contributed by atoms with van der Waals surface area (Å²) >= 11 is 5.58. The Morgan fingerprint density at radius 1 is 1.27 bits per heavy atom. The third kappa shape index (κ3) is 8.84. The van der Waals surface area contributed by atoms with Gasteiger partial charge in [0.05, 0.1) is 7.11 Å². The van der Waals surface area contributed by atoms with Gasteiger partial charge >= 0.3 is 23.1 Å². The molecule has 0 saturated carbocycles. The average Bonchev–Trinajstić information content (AvgIpc) is 2.54. The molecule has 0 bridgehead atoms. The van der Waals surface area contributed by atoms with E-state index in [1.54, 1.807) is 18.2 Å². The summed E-state index contributed by atoms with van der Waals surface area (Å²) < 4.78 is 54.6. The van der Waals surface area contributed by atoms with E-state index in [0.717, 1.165) is 0 Å². The Morgan fingerprint density at radius 3 is 2.46 bits per heavy atom. The predicted octanol–water partition coefficient (Wildman–Crippen LogP) is 3.02. The maximum atomic E-state index is 11.5. The van der Waals surface area contributed by atoms with E-state index in [-0.39, 0.29) is 22.7 Å². The molecule has 0 atom stereocenters. The Hall–Kier alpha value is -2.86. The lowest BCUT2D eigenvalue weighted by Crippen LogP contribution is -2.09. The van der Waals surface area contributed by atoms with E-state index in [0.29, 0.717) is 0 Å². The highest BCUT2D eigenvalue weighted by molar-refractivity contribution is 7.62. The lowest BCUT2D eigenvalue weighted by molar-refractivity contribution is -0.0498. The molecular formula is C13H11ClF2N4O5S. The second-order valence-electron chi connectivity index (χ2n) is 3.99. The van der Waals surface area contributed by atoms with Crippen LogP contribution in [0.15, 0.2) is 40.8 Å².